The van der Waals surface area contributed by atoms with E-state index in [1.807, 2.05) is 0 Å². The minimum Gasteiger partial charge on any atom is -0.314 e. The number of rotatable bonds is 9. The third-order valence-corrected chi connectivity index (χ3v) is 4.78. The van der Waals surface area contributed by atoms with Crippen LogP contribution in [0, 0.1) is 0 Å². The quantitative estimate of drug-likeness (QED) is 0.456. The minimum atomic E-state index is 0.499. The molecule has 0 spiro atoms. The van der Waals surface area contributed by atoms with Crippen molar-refractivity contribution in [3.8, 4) is 0 Å². The number of benzene rings is 3. The van der Waals surface area contributed by atoms with Gasteiger partial charge < -0.3 is 5.32 Å². The third kappa shape index (κ3) is 6.23. The van der Waals surface area contributed by atoms with E-state index in [2.05, 4.69) is 109 Å². The average molecular weight is 356 g/mol. The van der Waals surface area contributed by atoms with E-state index in [4.69, 9.17) is 0 Å². The van der Waals surface area contributed by atoms with Gasteiger partial charge in [0.25, 0.3) is 0 Å². The average Bonchev–Trinajstić information content (AvgIpc) is 2.73. The standard InChI is InChI=1S/C26H29N/c1-22(21-23-13-5-2-6-14-23)27-20-12-11-19-26(24-15-7-3-8-16-24)25-17-9-4-10-18-25/h2-10,13-19,22,27H,11-12,20-21H2,1H3. The molecule has 1 atom stereocenters. The van der Waals surface area contributed by atoms with Crippen molar-refractivity contribution in [2.45, 2.75) is 32.2 Å². The maximum Gasteiger partial charge on any atom is 0.00791 e. The van der Waals surface area contributed by atoms with Crippen LogP contribution in [0.3, 0.4) is 0 Å². The molecule has 0 aliphatic carbocycles. The zero-order chi connectivity index (χ0) is 18.7. The Morgan fingerprint density at radius 2 is 1.30 bits per heavy atom. The lowest BCUT2D eigenvalue weighted by Gasteiger charge is -2.14. The van der Waals surface area contributed by atoms with Crippen molar-refractivity contribution >= 4 is 5.57 Å². The van der Waals surface area contributed by atoms with E-state index in [1.54, 1.807) is 0 Å². The maximum atomic E-state index is 3.66. The van der Waals surface area contributed by atoms with Gasteiger partial charge in [-0.3, -0.25) is 0 Å². The van der Waals surface area contributed by atoms with Crippen LogP contribution in [0.4, 0.5) is 0 Å². The van der Waals surface area contributed by atoms with Gasteiger partial charge in [0.05, 0.1) is 0 Å². The number of allylic oxidation sites excluding steroid dienone is 1. The van der Waals surface area contributed by atoms with E-state index in [1.165, 1.54) is 22.3 Å². The highest BCUT2D eigenvalue weighted by atomic mass is 14.9. The van der Waals surface area contributed by atoms with Crippen LogP contribution in [0.2, 0.25) is 0 Å². The molecule has 0 amide bonds. The van der Waals surface area contributed by atoms with Crippen LogP contribution < -0.4 is 5.32 Å². The molecule has 0 heterocycles. The summed E-state index contributed by atoms with van der Waals surface area (Å²) in [4.78, 5) is 0. The van der Waals surface area contributed by atoms with Crippen molar-refractivity contribution in [2.24, 2.45) is 0 Å². The van der Waals surface area contributed by atoms with Gasteiger partial charge in [-0.1, -0.05) is 97.1 Å². The monoisotopic (exact) mass is 355 g/mol. The van der Waals surface area contributed by atoms with E-state index < -0.39 is 0 Å². The van der Waals surface area contributed by atoms with E-state index in [-0.39, 0.29) is 0 Å². The molecule has 1 N–H and O–H groups in total. The van der Waals surface area contributed by atoms with Crippen molar-refractivity contribution < 1.29 is 0 Å². The summed E-state index contributed by atoms with van der Waals surface area (Å²) in [6.07, 6.45) is 5.68. The molecule has 0 aliphatic heterocycles. The first-order chi connectivity index (χ1) is 13.3. The number of hydrogen-bond acceptors (Lipinski definition) is 1. The summed E-state index contributed by atoms with van der Waals surface area (Å²) in [5.74, 6) is 0. The lowest BCUT2D eigenvalue weighted by molar-refractivity contribution is 0.536. The summed E-state index contributed by atoms with van der Waals surface area (Å²) >= 11 is 0. The topological polar surface area (TPSA) is 12.0 Å². The Balaban J connectivity index is 1.53. The van der Waals surface area contributed by atoms with Gasteiger partial charge in [-0.15, -0.1) is 0 Å². The first-order valence-electron chi connectivity index (χ1n) is 9.91. The molecule has 1 heteroatoms. The van der Waals surface area contributed by atoms with E-state index in [0.717, 1.165) is 25.8 Å². The molecular formula is C26H29N. The Kier molecular flexibility index (Phi) is 7.44. The Morgan fingerprint density at radius 3 is 1.85 bits per heavy atom. The summed E-state index contributed by atoms with van der Waals surface area (Å²) in [6.45, 7) is 3.31. The normalized spacial score (nSPS) is 11.7. The molecule has 3 aromatic carbocycles. The minimum absolute atomic E-state index is 0.499. The van der Waals surface area contributed by atoms with Gasteiger partial charge in [0, 0.05) is 6.04 Å². The van der Waals surface area contributed by atoms with Gasteiger partial charge in [-0.2, -0.15) is 0 Å². The fourth-order valence-corrected chi connectivity index (χ4v) is 3.37. The first kappa shape index (κ1) is 19.1. The van der Waals surface area contributed by atoms with Crippen LogP contribution in [-0.4, -0.2) is 12.6 Å². The lowest BCUT2D eigenvalue weighted by Crippen LogP contribution is -2.28. The van der Waals surface area contributed by atoms with Crippen LogP contribution in [0.25, 0.3) is 5.57 Å². The lowest BCUT2D eigenvalue weighted by atomic mass is 9.96. The first-order valence-corrected chi connectivity index (χ1v) is 9.91. The van der Waals surface area contributed by atoms with Crippen LogP contribution in [0.1, 0.15) is 36.5 Å². The summed E-state index contributed by atoms with van der Waals surface area (Å²) in [5.41, 5.74) is 5.30. The Bertz CT molecular complexity index is 765. The summed E-state index contributed by atoms with van der Waals surface area (Å²) in [6, 6.07) is 32.6. The Labute approximate surface area is 163 Å². The van der Waals surface area contributed by atoms with Crippen LogP contribution >= 0.6 is 0 Å². The SMILES string of the molecule is CC(Cc1ccccc1)NCCCC=C(c1ccccc1)c1ccccc1. The molecular weight excluding hydrogens is 326 g/mol. The molecule has 1 unspecified atom stereocenters. The second-order valence-corrected chi connectivity index (χ2v) is 7.04. The molecule has 1 nitrogen and oxygen atoms in total. The van der Waals surface area contributed by atoms with Gasteiger partial charge in [0.1, 0.15) is 0 Å². The molecule has 0 bridgehead atoms. The van der Waals surface area contributed by atoms with E-state index >= 15 is 0 Å². The van der Waals surface area contributed by atoms with Crippen molar-refractivity contribution in [3.05, 3.63) is 114 Å². The molecule has 27 heavy (non-hydrogen) atoms. The molecule has 0 aromatic heterocycles. The smallest absolute Gasteiger partial charge is 0.00791 e. The van der Waals surface area contributed by atoms with Gasteiger partial charge >= 0.3 is 0 Å². The van der Waals surface area contributed by atoms with E-state index in [0.29, 0.717) is 6.04 Å². The predicted octanol–water partition coefficient (Wildman–Crippen LogP) is 6.12. The van der Waals surface area contributed by atoms with Crippen LogP contribution in [0.5, 0.6) is 0 Å². The van der Waals surface area contributed by atoms with Crippen molar-refractivity contribution in [1.82, 2.24) is 5.32 Å². The third-order valence-electron chi connectivity index (χ3n) is 4.78. The molecule has 138 valence electrons. The van der Waals surface area contributed by atoms with Gasteiger partial charge in [-0.05, 0) is 55.0 Å². The zero-order valence-corrected chi connectivity index (χ0v) is 16.1. The fourth-order valence-electron chi connectivity index (χ4n) is 3.37. The molecule has 0 radical (unpaired) electrons. The highest BCUT2D eigenvalue weighted by molar-refractivity contribution is 5.79. The van der Waals surface area contributed by atoms with Gasteiger partial charge in [0.2, 0.25) is 0 Å². The van der Waals surface area contributed by atoms with Crippen molar-refractivity contribution in [1.29, 1.82) is 0 Å². The van der Waals surface area contributed by atoms with Gasteiger partial charge in [0.15, 0.2) is 0 Å². The molecule has 0 saturated carbocycles. The second kappa shape index (κ2) is 10.5. The largest absolute Gasteiger partial charge is 0.314 e. The van der Waals surface area contributed by atoms with Crippen LogP contribution in [0.15, 0.2) is 97.1 Å². The molecule has 0 fully saturated rings. The summed E-state index contributed by atoms with van der Waals surface area (Å²) in [7, 11) is 0. The summed E-state index contributed by atoms with van der Waals surface area (Å²) < 4.78 is 0. The highest BCUT2D eigenvalue weighted by Crippen LogP contribution is 2.23. The van der Waals surface area contributed by atoms with Crippen molar-refractivity contribution in [3.63, 3.8) is 0 Å². The number of nitrogens with one attached hydrogen (secondary N) is 1. The van der Waals surface area contributed by atoms with Crippen LogP contribution in [-0.2, 0) is 6.42 Å². The van der Waals surface area contributed by atoms with E-state index in [9.17, 15) is 0 Å². The Morgan fingerprint density at radius 1 is 0.778 bits per heavy atom. The Hall–Kier alpha value is -2.64. The summed E-state index contributed by atoms with van der Waals surface area (Å²) in [5, 5.41) is 3.66. The molecule has 3 aromatic rings. The predicted molar refractivity (Wildman–Crippen MR) is 117 cm³/mol. The number of unbranched alkanes of at least 4 members (excludes halogenated alkanes) is 1. The maximum absolute atomic E-state index is 3.66. The molecule has 3 rings (SSSR count). The van der Waals surface area contributed by atoms with Crippen molar-refractivity contribution in [2.75, 3.05) is 6.54 Å². The van der Waals surface area contributed by atoms with Gasteiger partial charge in [-0.25, -0.2) is 0 Å². The number of hydrogen-bond donors (Lipinski definition) is 1. The fraction of sp³-hybridized carbons (Fsp3) is 0.231. The second-order valence-electron chi connectivity index (χ2n) is 7.04. The zero-order valence-electron chi connectivity index (χ0n) is 16.1. The highest BCUT2D eigenvalue weighted by Gasteiger charge is 2.05. The molecule has 0 aliphatic rings. The molecule has 0 saturated heterocycles.